The van der Waals surface area contributed by atoms with E-state index in [0.29, 0.717) is 0 Å². The van der Waals surface area contributed by atoms with Crippen molar-refractivity contribution >= 4 is 55.2 Å². The Morgan fingerprint density at radius 1 is 0.216 bits per heavy atom. The van der Waals surface area contributed by atoms with Crippen LogP contribution in [0.15, 0.2) is 14.7 Å². The number of hydrogen-bond acceptors (Lipinski definition) is 3. The van der Waals surface area contributed by atoms with Gasteiger partial charge in [-0.1, -0.05) is 14.7 Å². The van der Waals surface area contributed by atoms with Crippen molar-refractivity contribution in [2.24, 2.45) is 0 Å². The van der Waals surface area contributed by atoms with Gasteiger partial charge < -0.3 is 37.9 Å². The summed E-state index contributed by atoms with van der Waals surface area (Å²) in [6.45, 7) is 0. The molecule has 0 spiro atoms. The first kappa shape index (κ1) is 34.8. The Hall–Kier alpha value is -2.20. The SMILES string of the molecule is Fc1c(F)c(F)c([S-])c(F)c1F.Fc1c(F)c(F)c([S-])c(F)c1F.Fc1c(F)c(F)c([S-])c(F)c1F.[Al+3]. The van der Waals surface area contributed by atoms with E-state index in [4.69, 9.17) is 0 Å². The van der Waals surface area contributed by atoms with Crippen molar-refractivity contribution in [1.29, 1.82) is 0 Å². The Labute approximate surface area is 222 Å². The number of benzene rings is 3. The summed E-state index contributed by atoms with van der Waals surface area (Å²) < 4.78 is 184. The third kappa shape index (κ3) is 7.02. The fourth-order valence-corrected chi connectivity index (χ4v) is 2.29. The van der Waals surface area contributed by atoms with Gasteiger partial charge in [0.25, 0.3) is 0 Å². The van der Waals surface area contributed by atoms with Gasteiger partial charge in [-0.3, -0.25) is 0 Å². The first-order chi connectivity index (χ1) is 16.4. The first-order valence-corrected chi connectivity index (χ1v) is 9.17. The van der Waals surface area contributed by atoms with E-state index in [-0.39, 0.29) is 17.4 Å². The van der Waals surface area contributed by atoms with Crippen LogP contribution in [-0.4, -0.2) is 17.4 Å². The van der Waals surface area contributed by atoms with E-state index in [0.717, 1.165) is 0 Å². The molecule has 0 heterocycles. The van der Waals surface area contributed by atoms with Crippen LogP contribution in [0.1, 0.15) is 0 Å². The largest absolute Gasteiger partial charge is 3.00 e. The molecule has 37 heavy (non-hydrogen) atoms. The van der Waals surface area contributed by atoms with Gasteiger partial charge in [-0.25, -0.2) is 65.9 Å². The third-order valence-electron chi connectivity index (χ3n) is 3.51. The average Bonchev–Trinajstić information content (AvgIpc) is 2.87. The van der Waals surface area contributed by atoms with Crippen LogP contribution < -0.4 is 0 Å². The zero-order chi connectivity index (χ0) is 28.4. The number of rotatable bonds is 0. The van der Waals surface area contributed by atoms with Crippen molar-refractivity contribution < 1.29 is 65.9 Å². The monoisotopic (exact) mass is 624 g/mol. The number of halogens is 15. The molecule has 0 radical (unpaired) electrons. The van der Waals surface area contributed by atoms with Gasteiger partial charge in [-0.15, -0.1) is 0 Å². The van der Waals surface area contributed by atoms with E-state index in [1.807, 2.05) is 0 Å². The summed E-state index contributed by atoms with van der Waals surface area (Å²) >= 11 is 11.8. The molecule has 0 aliphatic rings. The van der Waals surface area contributed by atoms with Crippen molar-refractivity contribution in [2.75, 3.05) is 0 Å². The second kappa shape index (κ2) is 13.6. The van der Waals surface area contributed by atoms with E-state index in [2.05, 4.69) is 37.9 Å². The molecule has 0 atom stereocenters. The Kier molecular flexibility index (Phi) is 12.7. The van der Waals surface area contributed by atoms with E-state index >= 15 is 0 Å². The van der Waals surface area contributed by atoms with Crippen LogP contribution in [0.5, 0.6) is 0 Å². The summed E-state index contributed by atoms with van der Waals surface area (Å²) in [6.07, 6.45) is 0. The molecule has 0 aromatic heterocycles. The van der Waals surface area contributed by atoms with E-state index in [9.17, 15) is 65.9 Å². The summed E-state index contributed by atoms with van der Waals surface area (Å²) in [5, 5.41) is 0. The zero-order valence-electron chi connectivity index (χ0n) is 16.5. The second-order valence-electron chi connectivity index (χ2n) is 5.70. The molecule has 0 fully saturated rings. The second-order valence-corrected chi connectivity index (χ2v) is 6.92. The van der Waals surface area contributed by atoms with Crippen LogP contribution in [0.2, 0.25) is 0 Å². The minimum absolute atomic E-state index is 0. The smallest absolute Gasteiger partial charge is 0.774 e. The summed E-state index contributed by atoms with van der Waals surface area (Å²) in [7, 11) is 0. The Balaban J connectivity index is 0.000000518. The Morgan fingerprint density at radius 2 is 0.297 bits per heavy atom. The van der Waals surface area contributed by atoms with Crippen LogP contribution in [0.3, 0.4) is 0 Å². The molecule has 0 saturated carbocycles. The maximum absolute atomic E-state index is 12.3. The molecule has 0 N–H and O–H groups in total. The maximum atomic E-state index is 12.3. The molecule has 3 aromatic carbocycles. The van der Waals surface area contributed by atoms with Gasteiger partial charge in [0.2, 0.25) is 0 Å². The molecule has 0 nitrogen and oxygen atoms in total. The standard InChI is InChI=1S/3C6HF5S.Al/c3*7-1-2(8)4(10)6(12)5(11)3(1)9;/h3*12H;/q;;;+3/p-3. The molecule has 0 aliphatic carbocycles. The molecular weight excluding hydrogens is 624 g/mol. The minimum Gasteiger partial charge on any atom is -0.774 e. The normalized spacial score (nSPS) is 10.1. The van der Waals surface area contributed by atoms with Gasteiger partial charge in [0, 0.05) is 0 Å². The van der Waals surface area contributed by atoms with Crippen LogP contribution in [0.25, 0.3) is 0 Å². The summed E-state index contributed by atoms with van der Waals surface area (Å²) in [5.41, 5.74) is 0. The van der Waals surface area contributed by atoms with Gasteiger partial charge in [-0.2, -0.15) is 0 Å². The first-order valence-electron chi connectivity index (χ1n) is 7.95. The van der Waals surface area contributed by atoms with Crippen LogP contribution in [-0.2, 0) is 37.9 Å². The quantitative estimate of drug-likeness (QED) is 0.0925. The zero-order valence-corrected chi connectivity index (χ0v) is 20.1. The van der Waals surface area contributed by atoms with Gasteiger partial charge in [0.15, 0.2) is 52.4 Å². The molecule has 0 amide bonds. The molecular formula is C18AlF15S3. The molecule has 3 rings (SSSR count). The summed E-state index contributed by atoms with van der Waals surface area (Å²) in [4.78, 5) is -3.86. The van der Waals surface area contributed by atoms with Gasteiger partial charge in [0.05, 0.1) is 0 Å². The molecule has 0 bridgehead atoms. The van der Waals surface area contributed by atoms with Gasteiger partial charge in [0.1, 0.15) is 34.9 Å². The summed E-state index contributed by atoms with van der Waals surface area (Å²) in [5.74, 6) is -30.5. The van der Waals surface area contributed by atoms with Crippen molar-refractivity contribution in [3.8, 4) is 0 Å². The van der Waals surface area contributed by atoms with Crippen molar-refractivity contribution in [2.45, 2.75) is 14.7 Å². The topological polar surface area (TPSA) is 0 Å². The fraction of sp³-hybridized carbons (Fsp3) is 0. The third-order valence-corrected chi connectivity index (χ3v) is 4.58. The van der Waals surface area contributed by atoms with Crippen LogP contribution >= 0.6 is 0 Å². The molecule has 0 unspecified atom stereocenters. The average molecular weight is 624 g/mol. The Bertz CT molecular complexity index is 858. The molecule has 19 heteroatoms. The predicted molar refractivity (Wildman–Crippen MR) is 101 cm³/mol. The van der Waals surface area contributed by atoms with E-state index in [1.165, 1.54) is 0 Å². The van der Waals surface area contributed by atoms with Crippen molar-refractivity contribution in [1.82, 2.24) is 0 Å². The predicted octanol–water partition coefficient (Wildman–Crippen LogP) is 6.48. The minimum atomic E-state index is -2.20. The van der Waals surface area contributed by atoms with Crippen molar-refractivity contribution in [3.63, 3.8) is 0 Å². The van der Waals surface area contributed by atoms with Crippen molar-refractivity contribution in [3.05, 3.63) is 87.3 Å². The maximum Gasteiger partial charge on any atom is 3.00 e. The summed E-state index contributed by atoms with van der Waals surface area (Å²) in [6, 6.07) is 0. The fourth-order valence-electron chi connectivity index (χ4n) is 1.75. The van der Waals surface area contributed by atoms with Crippen LogP contribution in [0, 0.1) is 87.3 Å². The van der Waals surface area contributed by atoms with E-state index < -0.39 is 102 Å². The van der Waals surface area contributed by atoms with Gasteiger partial charge >= 0.3 is 17.4 Å². The Morgan fingerprint density at radius 3 is 0.405 bits per heavy atom. The molecule has 3 aromatic rings. The molecule has 0 saturated heterocycles. The molecule has 0 aliphatic heterocycles. The van der Waals surface area contributed by atoms with Crippen LogP contribution in [0.4, 0.5) is 65.9 Å². The van der Waals surface area contributed by atoms with E-state index in [1.54, 1.807) is 0 Å². The number of hydrogen-bond donors (Lipinski definition) is 0. The molecule has 198 valence electrons. The van der Waals surface area contributed by atoms with Gasteiger partial charge in [-0.05, 0) is 0 Å².